The van der Waals surface area contributed by atoms with Crippen LogP contribution in [0, 0.1) is 0 Å². The third-order valence-electron chi connectivity index (χ3n) is 2.01. The van der Waals surface area contributed by atoms with Gasteiger partial charge in [-0.2, -0.15) is 0 Å². The maximum Gasteiger partial charge on any atom is 0.191 e. The monoisotopic (exact) mass is 225 g/mol. The minimum atomic E-state index is 1.19. The molecule has 0 rings (SSSR count). The van der Waals surface area contributed by atoms with Gasteiger partial charge in [-0.1, -0.05) is 71.7 Å². The molecule has 0 aliphatic heterocycles. The summed E-state index contributed by atoms with van der Waals surface area (Å²) in [6, 6.07) is 0. The number of hydrogen-bond donors (Lipinski definition) is 0. The van der Waals surface area contributed by atoms with Crippen molar-refractivity contribution in [1.82, 2.24) is 0 Å². The van der Waals surface area contributed by atoms with Gasteiger partial charge in [0.2, 0.25) is 0 Å². The number of hydrogen-bond acceptors (Lipinski definition) is 0. The van der Waals surface area contributed by atoms with Gasteiger partial charge >= 0.3 is 0 Å². The normalized spacial score (nSPS) is 14.8. The molecular weight excluding hydrogens is 203 g/mol. The second kappa shape index (κ2) is 11.0. The molecule has 0 amide bonds. The molecule has 0 saturated heterocycles. The zero-order valence-corrected chi connectivity index (χ0v) is 11.4. The van der Waals surface area contributed by atoms with Crippen LogP contribution in [0.15, 0.2) is 71.7 Å². The summed E-state index contributed by atoms with van der Waals surface area (Å²) in [6.45, 7) is 8.10. The van der Waals surface area contributed by atoms with E-state index in [-0.39, 0.29) is 0 Å². The number of allylic oxidation sites excluding steroid dienone is 12. The van der Waals surface area contributed by atoms with Crippen molar-refractivity contribution in [3.8, 4) is 0 Å². The van der Waals surface area contributed by atoms with Gasteiger partial charge in [0, 0.05) is 0 Å². The van der Waals surface area contributed by atoms with Gasteiger partial charge < -0.3 is 0 Å². The minimum Gasteiger partial charge on any atom is -0.0882 e. The van der Waals surface area contributed by atoms with Gasteiger partial charge in [0.25, 0.3) is 0 Å². The molecule has 0 bridgehead atoms. The molecule has 0 aromatic heterocycles. The molecule has 0 fully saturated rings. The fourth-order valence-electron chi connectivity index (χ4n) is 1.30. The van der Waals surface area contributed by atoms with Crippen molar-refractivity contribution in [2.75, 3.05) is 0 Å². The summed E-state index contributed by atoms with van der Waals surface area (Å²) in [5, 5.41) is 0. The molecule has 0 aliphatic rings. The zero-order chi connectivity index (χ0) is 12.9. The molecule has 0 nitrogen and oxygen atoms in total. The first-order chi connectivity index (χ1) is 8.28. The van der Waals surface area contributed by atoms with Crippen molar-refractivity contribution >= 4 is 7.28 Å². The van der Waals surface area contributed by atoms with Crippen LogP contribution in [-0.2, 0) is 0 Å². The Labute approximate surface area is 107 Å². The Morgan fingerprint density at radius 1 is 0.647 bits per heavy atom. The van der Waals surface area contributed by atoms with Crippen LogP contribution in [0.25, 0.3) is 0 Å². The van der Waals surface area contributed by atoms with Crippen LogP contribution in [0.4, 0.5) is 0 Å². The summed E-state index contributed by atoms with van der Waals surface area (Å²) in [4.78, 5) is 0. The quantitative estimate of drug-likeness (QED) is 0.451. The molecule has 0 heterocycles. The van der Waals surface area contributed by atoms with Crippen LogP contribution in [-0.4, -0.2) is 7.28 Å². The second-order valence-corrected chi connectivity index (χ2v) is 3.53. The lowest BCUT2D eigenvalue weighted by atomic mass is 9.62. The maximum absolute atomic E-state index is 2.17. The Morgan fingerprint density at radius 2 is 1.06 bits per heavy atom. The van der Waals surface area contributed by atoms with Crippen molar-refractivity contribution in [3.05, 3.63) is 71.7 Å². The van der Waals surface area contributed by atoms with Crippen LogP contribution in [0.5, 0.6) is 0 Å². The van der Waals surface area contributed by atoms with E-state index in [4.69, 9.17) is 0 Å². The third-order valence-corrected chi connectivity index (χ3v) is 2.01. The van der Waals surface area contributed by atoms with E-state index >= 15 is 0 Å². The van der Waals surface area contributed by atoms with Crippen molar-refractivity contribution in [1.29, 1.82) is 0 Å². The Kier molecular flexibility index (Phi) is 10.0. The molecule has 0 unspecified atom stereocenters. The fraction of sp³-hybridized carbons (Fsp3) is 0.250. The zero-order valence-electron chi connectivity index (χ0n) is 11.4. The van der Waals surface area contributed by atoms with E-state index < -0.39 is 0 Å². The summed E-state index contributed by atoms with van der Waals surface area (Å²) in [5.74, 6) is 0. The molecule has 0 aromatic carbocycles. The van der Waals surface area contributed by atoms with Gasteiger partial charge in [-0.25, -0.2) is 0 Å². The maximum atomic E-state index is 2.17. The van der Waals surface area contributed by atoms with Crippen molar-refractivity contribution in [3.63, 3.8) is 0 Å². The van der Waals surface area contributed by atoms with Gasteiger partial charge in [0.15, 0.2) is 7.28 Å². The molecule has 0 atom stereocenters. The lowest BCUT2D eigenvalue weighted by molar-refractivity contribution is 1.65. The highest BCUT2D eigenvalue weighted by molar-refractivity contribution is 6.55. The summed E-state index contributed by atoms with van der Waals surface area (Å²) in [5.41, 5.74) is 2.39. The van der Waals surface area contributed by atoms with Gasteiger partial charge in [-0.05, 0) is 27.7 Å². The van der Waals surface area contributed by atoms with Gasteiger partial charge in [0.1, 0.15) is 0 Å². The third kappa shape index (κ3) is 8.33. The molecule has 0 aromatic rings. The molecular formula is C16H22B. The van der Waals surface area contributed by atoms with E-state index in [9.17, 15) is 0 Å². The molecule has 89 valence electrons. The predicted molar refractivity (Wildman–Crippen MR) is 81.2 cm³/mol. The Bertz CT molecular complexity index is 327. The first kappa shape index (κ1) is 15.5. The van der Waals surface area contributed by atoms with Gasteiger partial charge in [-0.15, -0.1) is 0 Å². The van der Waals surface area contributed by atoms with Crippen LogP contribution >= 0.6 is 0 Å². The van der Waals surface area contributed by atoms with Gasteiger partial charge in [0.05, 0.1) is 0 Å². The van der Waals surface area contributed by atoms with E-state index in [0.717, 1.165) is 0 Å². The van der Waals surface area contributed by atoms with E-state index in [1.807, 2.05) is 39.8 Å². The Hall–Kier alpha value is -1.50. The minimum absolute atomic E-state index is 1.19. The van der Waals surface area contributed by atoms with Crippen LogP contribution in [0.2, 0.25) is 0 Å². The summed E-state index contributed by atoms with van der Waals surface area (Å²) in [7, 11) is 2.17. The first-order valence-electron chi connectivity index (χ1n) is 6.04. The van der Waals surface area contributed by atoms with E-state index in [0.29, 0.717) is 0 Å². The van der Waals surface area contributed by atoms with Crippen LogP contribution in [0.1, 0.15) is 27.7 Å². The topological polar surface area (TPSA) is 0 Å². The second-order valence-electron chi connectivity index (χ2n) is 3.53. The summed E-state index contributed by atoms with van der Waals surface area (Å²) >= 11 is 0. The van der Waals surface area contributed by atoms with Crippen LogP contribution < -0.4 is 0 Å². The van der Waals surface area contributed by atoms with Crippen LogP contribution in [0.3, 0.4) is 0 Å². The van der Waals surface area contributed by atoms with Crippen molar-refractivity contribution in [2.45, 2.75) is 27.7 Å². The largest absolute Gasteiger partial charge is 0.191 e. The summed E-state index contributed by atoms with van der Waals surface area (Å²) < 4.78 is 0. The molecule has 0 spiro atoms. The standard InChI is InChI=1S/C16H22B/c1-5-9-13-15(11-7-3)17-16(12-8-4)14-10-6-2/h5-14H,1-4H3/b9-5-,10-6-,11-7-,12-8-,15-13+,16-14+. The SMILES string of the molecule is C\C=C/C=C([B]C(/C=C\C)=C/C=C\C)\C=C/C. The van der Waals surface area contributed by atoms with E-state index in [1.54, 1.807) is 0 Å². The highest BCUT2D eigenvalue weighted by atomic mass is 13.8. The first-order valence-corrected chi connectivity index (χ1v) is 6.04. The van der Waals surface area contributed by atoms with Crippen molar-refractivity contribution < 1.29 is 0 Å². The Morgan fingerprint density at radius 3 is 1.35 bits per heavy atom. The molecule has 17 heavy (non-hydrogen) atoms. The lowest BCUT2D eigenvalue weighted by Crippen LogP contribution is -1.97. The molecule has 0 aliphatic carbocycles. The predicted octanol–water partition coefficient (Wildman–Crippen LogP) is 4.76. The average Bonchev–Trinajstić information content (AvgIpc) is 2.33. The highest BCUT2D eigenvalue weighted by Crippen LogP contribution is 2.05. The average molecular weight is 225 g/mol. The van der Waals surface area contributed by atoms with E-state index in [1.165, 1.54) is 10.9 Å². The molecule has 0 N–H and O–H groups in total. The molecule has 1 heteroatoms. The van der Waals surface area contributed by atoms with Crippen molar-refractivity contribution in [2.24, 2.45) is 0 Å². The highest BCUT2D eigenvalue weighted by Gasteiger charge is 1.98. The number of rotatable bonds is 6. The molecule has 1 radical (unpaired) electrons. The summed E-state index contributed by atoms with van der Waals surface area (Å²) in [6.07, 6.45) is 20.7. The molecule has 0 saturated carbocycles. The van der Waals surface area contributed by atoms with Gasteiger partial charge in [-0.3, -0.25) is 0 Å². The lowest BCUT2D eigenvalue weighted by Gasteiger charge is -2.01. The Balaban J connectivity index is 4.92. The smallest absolute Gasteiger partial charge is 0.0882 e. The fourth-order valence-corrected chi connectivity index (χ4v) is 1.30. The van der Waals surface area contributed by atoms with E-state index in [2.05, 4.69) is 55.9 Å².